The second-order valence-corrected chi connectivity index (χ2v) is 7.03. The molecule has 1 heterocycles. The van der Waals surface area contributed by atoms with Crippen molar-refractivity contribution < 1.29 is 32.6 Å². The van der Waals surface area contributed by atoms with Crippen LogP contribution >= 0.6 is 0 Å². The first-order valence-electron chi connectivity index (χ1n) is 8.69. The van der Waals surface area contributed by atoms with Crippen molar-refractivity contribution in [3.8, 4) is 5.75 Å². The Kier molecular flexibility index (Phi) is 4.10. The number of ether oxygens (including phenoxy) is 1. The van der Waals surface area contributed by atoms with Crippen LogP contribution < -0.4 is 4.74 Å². The van der Waals surface area contributed by atoms with Crippen molar-refractivity contribution >= 4 is 11.9 Å². The van der Waals surface area contributed by atoms with Gasteiger partial charge in [-0.05, 0) is 41.7 Å². The molecule has 1 fully saturated rings. The maximum Gasteiger partial charge on any atom is 0.573 e. The van der Waals surface area contributed by atoms with Crippen molar-refractivity contribution in [2.45, 2.75) is 37.2 Å². The summed E-state index contributed by atoms with van der Waals surface area (Å²) in [5.74, 6) is -1.79. The third kappa shape index (κ3) is 3.08. The van der Waals surface area contributed by atoms with Crippen molar-refractivity contribution in [1.82, 2.24) is 4.90 Å². The molecule has 1 aliphatic carbocycles. The van der Waals surface area contributed by atoms with Crippen LogP contribution in [0.2, 0.25) is 0 Å². The van der Waals surface area contributed by atoms with Gasteiger partial charge in [0.25, 0.3) is 0 Å². The number of carboxylic acid groups (broad SMARTS) is 1. The summed E-state index contributed by atoms with van der Waals surface area (Å²) in [5, 5.41) is 9.66. The van der Waals surface area contributed by atoms with Gasteiger partial charge in [-0.25, -0.2) is 4.79 Å². The molecule has 1 aliphatic heterocycles. The Morgan fingerprint density at radius 2 is 1.71 bits per heavy atom. The van der Waals surface area contributed by atoms with Gasteiger partial charge in [0.1, 0.15) is 5.75 Å². The van der Waals surface area contributed by atoms with E-state index in [-0.39, 0.29) is 18.2 Å². The van der Waals surface area contributed by atoms with E-state index in [0.29, 0.717) is 24.0 Å². The van der Waals surface area contributed by atoms with E-state index in [1.807, 2.05) is 0 Å². The highest BCUT2D eigenvalue weighted by Gasteiger charge is 2.55. The lowest BCUT2D eigenvalue weighted by Crippen LogP contribution is -2.40. The Labute approximate surface area is 158 Å². The lowest BCUT2D eigenvalue weighted by Gasteiger charge is -2.27. The van der Waals surface area contributed by atoms with Gasteiger partial charge in [-0.1, -0.05) is 36.4 Å². The molecule has 28 heavy (non-hydrogen) atoms. The van der Waals surface area contributed by atoms with Crippen molar-refractivity contribution in [1.29, 1.82) is 0 Å². The molecule has 0 unspecified atom stereocenters. The molecular formula is C20H16F3NO4. The van der Waals surface area contributed by atoms with Gasteiger partial charge in [-0.3, -0.25) is 4.79 Å². The molecule has 5 nitrogen and oxygen atoms in total. The van der Waals surface area contributed by atoms with Gasteiger partial charge in [0.05, 0.1) is 5.41 Å². The molecule has 2 aliphatic rings. The molecule has 1 amide bonds. The molecule has 1 atom stereocenters. The van der Waals surface area contributed by atoms with Crippen LogP contribution in [0.5, 0.6) is 5.75 Å². The van der Waals surface area contributed by atoms with Crippen molar-refractivity contribution in [3.63, 3.8) is 0 Å². The van der Waals surface area contributed by atoms with Crippen LogP contribution in [0.1, 0.15) is 35.6 Å². The average molecular weight is 391 g/mol. The zero-order valence-electron chi connectivity index (χ0n) is 14.6. The van der Waals surface area contributed by atoms with E-state index in [0.717, 1.165) is 5.56 Å². The van der Waals surface area contributed by atoms with Crippen LogP contribution in [-0.2, 0) is 21.5 Å². The molecule has 146 valence electrons. The predicted octanol–water partition coefficient (Wildman–Crippen LogP) is 3.78. The molecule has 1 N–H and O–H groups in total. The number of fused-ring (bicyclic) bond motifs is 1. The van der Waals surface area contributed by atoms with Crippen molar-refractivity contribution in [2.24, 2.45) is 0 Å². The third-order valence-corrected chi connectivity index (χ3v) is 5.30. The second kappa shape index (κ2) is 6.25. The van der Waals surface area contributed by atoms with Gasteiger partial charge in [0.2, 0.25) is 5.91 Å². The van der Waals surface area contributed by atoms with Crippen LogP contribution in [0.3, 0.4) is 0 Å². The minimum absolute atomic E-state index is 0.197. The molecule has 2 aromatic rings. The average Bonchev–Trinajstić information content (AvgIpc) is 3.34. The third-order valence-electron chi connectivity index (χ3n) is 5.30. The molecule has 1 saturated carbocycles. The number of nitrogens with zero attached hydrogens (tertiary/aromatic N) is 1. The summed E-state index contributed by atoms with van der Waals surface area (Å²) in [6.07, 6.45) is -3.75. The quantitative estimate of drug-likeness (QED) is 0.861. The summed E-state index contributed by atoms with van der Waals surface area (Å²) >= 11 is 0. The molecule has 0 bridgehead atoms. The molecule has 0 aromatic heterocycles. The zero-order valence-corrected chi connectivity index (χ0v) is 14.6. The Morgan fingerprint density at radius 1 is 1.07 bits per heavy atom. The van der Waals surface area contributed by atoms with Crippen molar-refractivity contribution in [2.75, 3.05) is 0 Å². The molecule has 4 rings (SSSR count). The molecule has 8 heteroatoms. The summed E-state index contributed by atoms with van der Waals surface area (Å²) in [6.45, 7) is 0.197. The fraction of sp³-hybridized carbons (Fsp3) is 0.300. The number of hydrogen-bond acceptors (Lipinski definition) is 3. The highest BCUT2D eigenvalue weighted by Crippen LogP contribution is 2.52. The number of alkyl halides is 3. The molecule has 0 spiro atoms. The van der Waals surface area contributed by atoms with Gasteiger partial charge < -0.3 is 14.7 Å². The standard InChI is InChI=1S/C20H16F3NO4/c21-20(22,23)28-14-7-5-13(6-8-14)19(9-10-19)18(27)24-11-12-3-1-2-4-15(12)16(24)17(25)26/h1-8,16H,9-11H2,(H,25,26)/t16-/m1/s1. The number of carbonyl (C=O) groups is 2. The zero-order chi connectivity index (χ0) is 20.1. The molecule has 2 aromatic carbocycles. The number of amides is 1. The highest BCUT2D eigenvalue weighted by molar-refractivity contribution is 5.95. The smallest absolute Gasteiger partial charge is 0.479 e. The summed E-state index contributed by atoms with van der Waals surface area (Å²) in [6, 6.07) is 11.2. The van der Waals surface area contributed by atoms with E-state index in [4.69, 9.17) is 0 Å². The normalized spacial score (nSPS) is 19.8. The maximum atomic E-state index is 13.3. The van der Waals surface area contributed by atoms with E-state index in [1.165, 1.54) is 29.2 Å². The maximum absolute atomic E-state index is 13.3. The van der Waals surface area contributed by atoms with E-state index >= 15 is 0 Å². The van der Waals surface area contributed by atoms with E-state index in [1.54, 1.807) is 24.3 Å². The van der Waals surface area contributed by atoms with Gasteiger partial charge in [-0.15, -0.1) is 13.2 Å². The minimum atomic E-state index is -4.79. The lowest BCUT2D eigenvalue weighted by molar-refractivity contribution is -0.274. The van der Waals surface area contributed by atoms with Gasteiger partial charge in [0.15, 0.2) is 6.04 Å². The summed E-state index contributed by atoms with van der Waals surface area (Å²) in [5.41, 5.74) is 1.04. The molecular weight excluding hydrogens is 375 g/mol. The Hall–Kier alpha value is -3.03. The highest BCUT2D eigenvalue weighted by atomic mass is 19.4. The number of carbonyl (C=O) groups excluding carboxylic acids is 1. The van der Waals surface area contributed by atoms with E-state index < -0.39 is 23.8 Å². The topological polar surface area (TPSA) is 66.8 Å². The fourth-order valence-corrected chi connectivity index (χ4v) is 3.84. The Morgan fingerprint density at radius 3 is 2.29 bits per heavy atom. The summed E-state index contributed by atoms with van der Waals surface area (Å²) < 4.78 is 40.9. The summed E-state index contributed by atoms with van der Waals surface area (Å²) in [7, 11) is 0. The van der Waals surface area contributed by atoms with E-state index in [2.05, 4.69) is 4.74 Å². The molecule has 0 radical (unpaired) electrons. The van der Waals surface area contributed by atoms with Crippen LogP contribution in [0, 0.1) is 0 Å². The predicted molar refractivity (Wildman–Crippen MR) is 91.4 cm³/mol. The largest absolute Gasteiger partial charge is 0.573 e. The molecule has 0 saturated heterocycles. The van der Waals surface area contributed by atoms with Crippen LogP contribution in [0.4, 0.5) is 13.2 Å². The van der Waals surface area contributed by atoms with E-state index in [9.17, 15) is 27.9 Å². The van der Waals surface area contributed by atoms with Crippen LogP contribution in [-0.4, -0.2) is 28.2 Å². The number of aliphatic carboxylic acids is 1. The Bertz CT molecular complexity index is 935. The first-order chi connectivity index (χ1) is 13.2. The van der Waals surface area contributed by atoms with Crippen molar-refractivity contribution in [3.05, 3.63) is 65.2 Å². The number of rotatable bonds is 4. The fourth-order valence-electron chi connectivity index (χ4n) is 3.84. The number of carboxylic acids is 1. The summed E-state index contributed by atoms with van der Waals surface area (Å²) in [4.78, 5) is 26.4. The minimum Gasteiger partial charge on any atom is -0.479 e. The SMILES string of the molecule is O=C(O)[C@H]1c2ccccc2CN1C(=O)C1(c2ccc(OC(F)(F)F)cc2)CC1. The van der Waals surface area contributed by atoms with Crippen LogP contribution in [0.25, 0.3) is 0 Å². The van der Waals surface area contributed by atoms with Crippen LogP contribution in [0.15, 0.2) is 48.5 Å². The van der Waals surface area contributed by atoms with Gasteiger partial charge in [0, 0.05) is 6.54 Å². The lowest BCUT2D eigenvalue weighted by atomic mass is 9.93. The van der Waals surface area contributed by atoms with Gasteiger partial charge in [-0.2, -0.15) is 0 Å². The number of halogens is 3. The monoisotopic (exact) mass is 391 g/mol. The first kappa shape index (κ1) is 18.3. The number of benzene rings is 2. The second-order valence-electron chi connectivity index (χ2n) is 7.03. The first-order valence-corrected chi connectivity index (χ1v) is 8.69. The Balaban J connectivity index is 1.60. The number of hydrogen-bond donors (Lipinski definition) is 1. The van der Waals surface area contributed by atoms with Gasteiger partial charge >= 0.3 is 12.3 Å².